The van der Waals surface area contributed by atoms with E-state index in [0.717, 1.165) is 24.8 Å². The molecule has 0 saturated heterocycles. The Labute approximate surface area is 180 Å². The van der Waals surface area contributed by atoms with E-state index in [-0.39, 0.29) is 41.0 Å². The van der Waals surface area contributed by atoms with Gasteiger partial charge >= 0.3 is 5.97 Å². The molecule has 0 aromatic carbocycles. The first-order chi connectivity index (χ1) is 13.9. The van der Waals surface area contributed by atoms with E-state index in [1.54, 1.807) is 6.92 Å². The highest BCUT2D eigenvalue weighted by atomic mass is 16.5. The lowest BCUT2D eigenvalue weighted by atomic mass is 9.51. The first-order valence-corrected chi connectivity index (χ1v) is 11.0. The van der Waals surface area contributed by atoms with E-state index in [1.165, 1.54) is 23.5 Å². The van der Waals surface area contributed by atoms with Gasteiger partial charge in [0.25, 0.3) is 0 Å². The second-order valence-corrected chi connectivity index (χ2v) is 10.4. The molecular formula is C25H36O5. The van der Waals surface area contributed by atoms with Crippen molar-refractivity contribution in [2.75, 3.05) is 6.61 Å². The van der Waals surface area contributed by atoms with Crippen LogP contribution in [0, 0.1) is 23.2 Å². The quantitative estimate of drug-likeness (QED) is 0.299. The summed E-state index contributed by atoms with van der Waals surface area (Å²) < 4.78 is 11.4. The summed E-state index contributed by atoms with van der Waals surface area (Å²) in [5, 5.41) is 10.8. The summed E-state index contributed by atoms with van der Waals surface area (Å²) in [4.78, 5) is 23.8. The van der Waals surface area contributed by atoms with Crippen LogP contribution >= 0.6 is 0 Å². The topological polar surface area (TPSA) is 72.8 Å². The van der Waals surface area contributed by atoms with Crippen molar-refractivity contribution in [3.8, 4) is 0 Å². The summed E-state index contributed by atoms with van der Waals surface area (Å²) in [6, 6.07) is 0. The van der Waals surface area contributed by atoms with Gasteiger partial charge in [-0.2, -0.15) is 0 Å². The van der Waals surface area contributed by atoms with E-state index >= 15 is 0 Å². The zero-order chi connectivity index (χ0) is 22.3. The highest BCUT2D eigenvalue weighted by Gasteiger charge is 2.54. The maximum absolute atomic E-state index is 11.9. The molecule has 5 nitrogen and oxygen atoms in total. The van der Waals surface area contributed by atoms with Gasteiger partial charge in [0.15, 0.2) is 0 Å². The monoisotopic (exact) mass is 416 g/mol. The van der Waals surface area contributed by atoms with Crippen molar-refractivity contribution in [2.45, 2.75) is 78.9 Å². The number of fused-ring (bicyclic) bond motifs is 3. The van der Waals surface area contributed by atoms with Crippen LogP contribution in [0.15, 0.2) is 35.1 Å². The third kappa shape index (κ3) is 4.62. The Morgan fingerprint density at radius 3 is 2.60 bits per heavy atom. The van der Waals surface area contributed by atoms with Crippen LogP contribution in [0.5, 0.6) is 0 Å². The van der Waals surface area contributed by atoms with Gasteiger partial charge in [-0.15, -0.1) is 0 Å². The second kappa shape index (κ2) is 8.43. The number of ether oxygens (including phenoxy) is 2. The average molecular weight is 417 g/mol. The molecule has 0 radical (unpaired) electrons. The SMILES string of the molecule is CC(=O)C[C@@H]1OCC2=C1[C@H](/C=C/OC(=O)C=C(C)C)[C@@]1(C)CC[C@H](C(C)(C)O)[C@@H]2C1. The Balaban J connectivity index is 1.97. The Morgan fingerprint density at radius 2 is 2.00 bits per heavy atom. The number of Topliss-reactive ketones (excluding diaryl/α,β-unsaturated/α-hetero) is 1. The zero-order valence-electron chi connectivity index (χ0n) is 19.2. The predicted octanol–water partition coefficient (Wildman–Crippen LogP) is 4.51. The summed E-state index contributed by atoms with van der Waals surface area (Å²) in [5.41, 5.74) is 2.53. The van der Waals surface area contributed by atoms with Gasteiger partial charge in [0.1, 0.15) is 5.78 Å². The largest absolute Gasteiger partial charge is 0.432 e. The minimum Gasteiger partial charge on any atom is -0.432 e. The van der Waals surface area contributed by atoms with Crippen molar-refractivity contribution in [1.82, 2.24) is 0 Å². The molecule has 0 amide bonds. The van der Waals surface area contributed by atoms with E-state index in [2.05, 4.69) is 6.92 Å². The lowest BCUT2D eigenvalue weighted by Crippen LogP contribution is -2.49. The fraction of sp³-hybridized carbons (Fsp3) is 0.680. The average Bonchev–Trinajstić information content (AvgIpc) is 2.98. The number of carbonyl (C=O) groups excluding carboxylic acids is 2. The molecule has 0 aromatic rings. The molecule has 2 bridgehead atoms. The van der Waals surface area contributed by atoms with Gasteiger partial charge in [0, 0.05) is 18.4 Å². The molecule has 0 aromatic heterocycles. The van der Waals surface area contributed by atoms with Crippen molar-refractivity contribution in [2.24, 2.45) is 23.2 Å². The van der Waals surface area contributed by atoms with Crippen molar-refractivity contribution < 1.29 is 24.2 Å². The normalized spacial score (nSPS) is 33.4. The Morgan fingerprint density at radius 1 is 1.30 bits per heavy atom. The Kier molecular flexibility index (Phi) is 6.45. The number of ketones is 1. The molecule has 1 fully saturated rings. The maximum Gasteiger partial charge on any atom is 0.335 e. The number of hydrogen-bond acceptors (Lipinski definition) is 5. The minimum absolute atomic E-state index is 0.0204. The molecule has 3 rings (SSSR count). The number of rotatable bonds is 6. The Bertz CT molecular complexity index is 793. The number of esters is 1. The number of hydrogen-bond donors (Lipinski definition) is 1. The van der Waals surface area contributed by atoms with Gasteiger partial charge in [-0.25, -0.2) is 4.79 Å². The highest BCUT2D eigenvalue weighted by Crippen LogP contribution is 2.60. The molecule has 1 aliphatic heterocycles. The summed E-state index contributed by atoms with van der Waals surface area (Å²) >= 11 is 0. The molecule has 1 N–H and O–H groups in total. The van der Waals surface area contributed by atoms with E-state index < -0.39 is 5.60 Å². The van der Waals surface area contributed by atoms with Gasteiger partial charge < -0.3 is 14.6 Å². The molecule has 1 heterocycles. The van der Waals surface area contributed by atoms with E-state index in [9.17, 15) is 14.7 Å². The number of aliphatic hydroxyl groups is 1. The minimum atomic E-state index is -0.759. The molecule has 5 heteroatoms. The lowest BCUT2D eigenvalue weighted by Gasteiger charge is -2.54. The van der Waals surface area contributed by atoms with Gasteiger partial charge in [-0.05, 0) is 88.4 Å². The molecule has 30 heavy (non-hydrogen) atoms. The van der Waals surface area contributed by atoms with Crippen LogP contribution in [-0.2, 0) is 19.1 Å². The van der Waals surface area contributed by atoms with Gasteiger partial charge in [-0.1, -0.05) is 12.5 Å². The molecule has 5 atom stereocenters. The maximum atomic E-state index is 11.9. The van der Waals surface area contributed by atoms with Crippen LogP contribution in [0.1, 0.15) is 67.2 Å². The fourth-order valence-electron chi connectivity index (χ4n) is 5.81. The first-order valence-electron chi connectivity index (χ1n) is 11.0. The van der Waals surface area contributed by atoms with Gasteiger partial charge in [0.2, 0.25) is 0 Å². The molecule has 2 aliphatic carbocycles. The summed E-state index contributed by atoms with van der Waals surface area (Å²) in [5.74, 6) is 0.210. The molecule has 3 aliphatic rings. The second-order valence-electron chi connectivity index (χ2n) is 10.4. The van der Waals surface area contributed by atoms with Crippen molar-refractivity contribution in [3.63, 3.8) is 0 Å². The Hall–Kier alpha value is -1.72. The van der Waals surface area contributed by atoms with Crippen LogP contribution in [0.2, 0.25) is 0 Å². The van der Waals surface area contributed by atoms with E-state index in [1.807, 2.05) is 33.8 Å². The van der Waals surface area contributed by atoms with Crippen LogP contribution in [0.4, 0.5) is 0 Å². The van der Waals surface area contributed by atoms with Crippen molar-refractivity contribution in [1.29, 1.82) is 0 Å². The van der Waals surface area contributed by atoms with E-state index in [0.29, 0.717) is 13.0 Å². The molecule has 0 unspecified atom stereocenters. The third-order valence-electron chi connectivity index (χ3n) is 7.13. The number of allylic oxidation sites excluding steroid dienone is 2. The van der Waals surface area contributed by atoms with Crippen molar-refractivity contribution >= 4 is 11.8 Å². The summed E-state index contributed by atoms with van der Waals surface area (Å²) in [7, 11) is 0. The van der Waals surface area contributed by atoms with Crippen LogP contribution in [0.3, 0.4) is 0 Å². The van der Waals surface area contributed by atoms with Crippen LogP contribution in [0.25, 0.3) is 0 Å². The van der Waals surface area contributed by atoms with Gasteiger partial charge in [0.05, 0.1) is 24.6 Å². The molecule has 0 spiro atoms. The van der Waals surface area contributed by atoms with Crippen molar-refractivity contribution in [3.05, 3.63) is 35.1 Å². The number of carbonyl (C=O) groups is 2. The smallest absolute Gasteiger partial charge is 0.335 e. The first kappa shape index (κ1) is 23.0. The van der Waals surface area contributed by atoms with Crippen LogP contribution in [-0.4, -0.2) is 35.2 Å². The summed E-state index contributed by atoms with van der Waals surface area (Å²) in [6.45, 7) is 11.9. The summed E-state index contributed by atoms with van der Waals surface area (Å²) in [6.07, 6.45) is 7.97. The van der Waals surface area contributed by atoms with E-state index in [4.69, 9.17) is 9.47 Å². The molecule has 166 valence electrons. The lowest BCUT2D eigenvalue weighted by molar-refractivity contribution is -0.132. The third-order valence-corrected chi connectivity index (χ3v) is 7.13. The predicted molar refractivity (Wildman–Crippen MR) is 115 cm³/mol. The zero-order valence-corrected chi connectivity index (χ0v) is 19.2. The molecule has 1 saturated carbocycles. The highest BCUT2D eigenvalue weighted by molar-refractivity contribution is 5.83. The van der Waals surface area contributed by atoms with Crippen LogP contribution < -0.4 is 0 Å². The standard InChI is InChI=1S/C25H36O5/c1-15(2)11-22(27)29-10-8-20-23-18(14-30-21(23)12-16(3)26)17-13-25(20,6)9-7-19(17)24(4,5)28/h8,10-11,17,19-21,28H,7,9,12-14H2,1-6H3/b10-8+/t17-,19+,20+,21+,25+/m1/s1. The van der Waals surface area contributed by atoms with Gasteiger partial charge in [-0.3, -0.25) is 4.79 Å². The fourth-order valence-corrected chi connectivity index (χ4v) is 5.81. The molecular weight excluding hydrogens is 380 g/mol.